The number of H-pyrrole nitrogens is 1. The molecule has 0 bridgehead atoms. The van der Waals surface area contributed by atoms with E-state index in [9.17, 15) is 9.59 Å². The van der Waals surface area contributed by atoms with Gasteiger partial charge in [0.15, 0.2) is 11.6 Å². The number of aromatic amines is 1. The minimum Gasteiger partial charge on any atom is -0.492 e. The number of nitrogens with zero attached hydrogens (tertiary/aromatic N) is 2. The van der Waals surface area contributed by atoms with Gasteiger partial charge in [-0.05, 0) is 62.5 Å². The number of rotatable bonds is 6. The van der Waals surface area contributed by atoms with Crippen LogP contribution < -0.4 is 25.9 Å². The number of anilines is 1. The Balaban J connectivity index is 0.00000253. The first-order chi connectivity index (χ1) is 16.5. The van der Waals surface area contributed by atoms with Gasteiger partial charge in [-0.1, -0.05) is 12.8 Å². The summed E-state index contributed by atoms with van der Waals surface area (Å²) in [6.07, 6.45) is 7.99. The smallest absolute Gasteiger partial charge is 0.271 e. The van der Waals surface area contributed by atoms with Crippen LogP contribution in [-0.4, -0.2) is 41.2 Å². The van der Waals surface area contributed by atoms with Crippen molar-refractivity contribution in [1.82, 2.24) is 14.3 Å². The summed E-state index contributed by atoms with van der Waals surface area (Å²) in [6.45, 7) is 3.73. The minimum absolute atomic E-state index is 0. The molecule has 3 fully saturated rings. The second-order valence-corrected chi connectivity index (χ2v) is 11.0. The van der Waals surface area contributed by atoms with E-state index in [0.717, 1.165) is 32.4 Å². The molecule has 35 heavy (non-hydrogen) atoms. The van der Waals surface area contributed by atoms with Crippen LogP contribution in [0.15, 0.2) is 15.7 Å². The van der Waals surface area contributed by atoms with E-state index in [1.807, 2.05) is 4.57 Å². The van der Waals surface area contributed by atoms with Crippen LogP contribution in [0.2, 0.25) is 0 Å². The van der Waals surface area contributed by atoms with E-state index in [1.165, 1.54) is 43.3 Å². The van der Waals surface area contributed by atoms with Crippen LogP contribution in [0, 0.1) is 11.7 Å². The van der Waals surface area contributed by atoms with E-state index >= 15 is 4.39 Å². The van der Waals surface area contributed by atoms with Crippen LogP contribution >= 0.6 is 23.9 Å². The number of halogens is 2. The van der Waals surface area contributed by atoms with Gasteiger partial charge in [0.2, 0.25) is 5.43 Å². The summed E-state index contributed by atoms with van der Waals surface area (Å²) in [5.74, 6) is 0.356. The minimum atomic E-state index is -0.466. The maximum absolute atomic E-state index is 15.7. The van der Waals surface area contributed by atoms with Crippen molar-refractivity contribution in [3.63, 3.8) is 0 Å². The number of methoxy groups -OCH3 is 1. The summed E-state index contributed by atoms with van der Waals surface area (Å²) < 4.78 is 26.2. The SMILES string of the molecule is COc1c(N2CC[C@@H](C(C)NC3CCCC3)C2)c(F)cc2c(=O)c3c(=O)[nH]sc3n(C3CC3)c12.Cl. The topological polar surface area (TPSA) is 79.4 Å². The Morgan fingerprint density at radius 3 is 2.63 bits per heavy atom. The Bertz CT molecular complexity index is 1380. The molecule has 3 heterocycles. The monoisotopic (exact) mass is 522 g/mol. The van der Waals surface area contributed by atoms with Crippen molar-refractivity contribution in [2.45, 2.75) is 70.0 Å². The average molecular weight is 523 g/mol. The highest BCUT2D eigenvalue weighted by molar-refractivity contribution is 7.12. The van der Waals surface area contributed by atoms with Crippen molar-refractivity contribution in [1.29, 1.82) is 0 Å². The normalized spacial score (nSPS) is 21.7. The quantitative estimate of drug-likeness (QED) is 0.496. The zero-order valence-electron chi connectivity index (χ0n) is 20.1. The molecule has 0 radical (unpaired) electrons. The Labute approximate surface area is 213 Å². The largest absolute Gasteiger partial charge is 0.492 e. The van der Waals surface area contributed by atoms with E-state index in [1.54, 1.807) is 7.11 Å². The van der Waals surface area contributed by atoms with E-state index in [0.29, 0.717) is 39.8 Å². The molecule has 1 aromatic carbocycles. The predicted octanol–water partition coefficient (Wildman–Crippen LogP) is 4.56. The third kappa shape index (κ3) is 4.05. The van der Waals surface area contributed by atoms with Crippen molar-refractivity contribution in [2.24, 2.45) is 5.92 Å². The molecule has 3 aliphatic rings. The first kappa shape index (κ1) is 24.6. The third-order valence-corrected chi connectivity index (χ3v) is 8.89. The summed E-state index contributed by atoms with van der Waals surface area (Å²) in [5.41, 5.74) is 0.203. The molecule has 10 heteroatoms. The Kier molecular flexibility index (Phi) is 6.61. The lowest BCUT2D eigenvalue weighted by atomic mass is 9.99. The zero-order valence-corrected chi connectivity index (χ0v) is 21.7. The van der Waals surface area contributed by atoms with Crippen molar-refractivity contribution < 1.29 is 9.13 Å². The second kappa shape index (κ2) is 9.41. The summed E-state index contributed by atoms with van der Waals surface area (Å²) in [4.78, 5) is 28.3. The van der Waals surface area contributed by atoms with Crippen LogP contribution in [0.5, 0.6) is 5.75 Å². The molecule has 3 aromatic rings. The lowest BCUT2D eigenvalue weighted by molar-refractivity contribution is 0.356. The molecule has 2 aromatic heterocycles. The molecule has 2 saturated carbocycles. The molecule has 190 valence electrons. The number of hydrogen-bond donors (Lipinski definition) is 2. The zero-order chi connectivity index (χ0) is 23.6. The molecule has 1 aliphatic heterocycles. The standard InChI is InChI=1S/C25H31FN4O3S.ClH/c1-13(27-15-5-3-4-6-15)14-9-10-29(12-14)21-18(26)11-17-20(23(21)33-2)30(16-7-8-16)25-19(22(17)31)24(32)28-34-25;/h11,13-16,27H,3-10,12H2,1-2H3,(H,28,32);1H/t13?,14-;/m1./s1. The van der Waals surface area contributed by atoms with Gasteiger partial charge in [0.05, 0.1) is 18.0 Å². The number of pyridine rings is 1. The first-order valence-corrected chi connectivity index (χ1v) is 13.3. The summed E-state index contributed by atoms with van der Waals surface area (Å²) >= 11 is 1.17. The van der Waals surface area contributed by atoms with Crippen LogP contribution in [0.25, 0.3) is 21.1 Å². The van der Waals surface area contributed by atoms with Crippen molar-refractivity contribution in [3.05, 3.63) is 32.5 Å². The summed E-state index contributed by atoms with van der Waals surface area (Å²) in [5, 5.41) is 4.13. The van der Waals surface area contributed by atoms with Crippen molar-refractivity contribution in [2.75, 3.05) is 25.1 Å². The van der Waals surface area contributed by atoms with Gasteiger partial charge in [0.25, 0.3) is 5.56 Å². The number of ether oxygens (including phenoxy) is 1. The van der Waals surface area contributed by atoms with Crippen LogP contribution in [-0.2, 0) is 0 Å². The van der Waals surface area contributed by atoms with E-state index < -0.39 is 16.8 Å². The highest BCUT2D eigenvalue weighted by atomic mass is 35.5. The molecule has 2 atom stereocenters. The number of hydrogen-bond acceptors (Lipinski definition) is 6. The molecule has 1 saturated heterocycles. The number of benzene rings is 1. The van der Waals surface area contributed by atoms with Gasteiger partial charge >= 0.3 is 0 Å². The molecule has 0 amide bonds. The summed E-state index contributed by atoms with van der Waals surface area (Å²) in [7, 11) is 1.54. The van der Waals surface area contributed by atoms with Crippen LogP contribution in [0.4, 0.5) is 10.1 Å². The van der Waals surface area contributed by atoms with Gasteiger partial charge in [0, 0.05) is 31.2 Å². The van der Waals surface area contributed by atoms with Crippen LogP contribution in [0.1, 0.15) is 57.9 Å². The maximum Gasteiger partial charge on any atom is 0.271 e. The Morgan fingerprint density at radius 1 is 1.20 bits per heavy atom. The molecule has 2 aliphatic carbocycles. The third-order valence-electron chi connectivity index (χ3n) is 8.01. The van der Waals surface area contributed by atoms with Gasteiger partial charge in [-0.15, -0.1) is 12.4 Å². The molecular weight excluding hydrogens is 491 g/mol. The fraction of sp³-hybridized carbons (Fsp3) is 0.600. The van der Waals surface area contributed by atoms with Crippen molar-refractivity contribution in [3.8, 4) is 5.75 Å². The molecule has 1 unspecified atom stereocenters. The van der Waals surface area contributed by atoms with Gasteiger partial charge in [-0.2, -0.15) is 0 Å². The molecule has 7 nitrogen and oxygen atoms in total. The maximum atomic E-state index is 15.7. The number of fused-ring (bicyclic) bond motifs is 2. The first-order valence-electron chi connectivity index (χ1n) is 12.4. The molecule has 6 rings (SSSR count). The highest BCUT2D eigenvalue weighted by Gasteiger charge is 2.35. The number of nitrogens with one attached hydrogen (secondary N) is 2. The molecular formula is C25H32ClFN4O3S. The average Bonchev–Trinajstić information content (AvgIpc) is 3.18. The van der Waals surface area contributed by atoms with Gasteiger partial charge in [-0.25, -0.2) is 4.39 Å². The van der Waals surface area contributed by atoms with Gasteiger partial charge < -0.3 is 19.5 Å². The van der Waals surface area contributed by atoms with Gasteiger partial charge in [0.1, 0.15) is 15.9 Å². The Morgan fingerprint density at radius 2 is 1.94 bits per heavy atom. The van der Waals surface area contributed by atoms with E-state index in [2.05, 4.69) is 21.5 Å². The molecule has 0 spiro atoms. The molecule has 2 N–H and O–H groups in total. The lowest BCUT2D eigenvalue weighted by Crippen LogP contribution is -2.40. The van der Waals surface area contributed by atoms with Crippen LogP contribution in [0.3, 0.4) is 0 Å². The highest BCUT2D eigenvalue weighted by Crippen LogP contribution is 2.46. The van der Waals surface area contributed by atoms with Crippen molar-refractivity contribution >= 4 is 50.7 Å². The Hall–Kier alpha value is -2.10. The fourth-order valence-corrected chi connectivity index (χ4v) is 7.00. The number of aromatic nitrogens is 2. The fourth-order valence-electron chi connectivity index (χ4n) is 6.09. The van der Waals surface area contributed by atoms with E-state index in [-0.39, 0.29) is 29.2 Å². The lowest BCUT2D eigenvalue weighted by Gasteiger charge is -2.27. The predicted molar refractivity (Wildman–Crippen MR) is 141 cm³/mol. The summed E-state index contributed by atoms with van der Waals surface area (Å²) in [6, 6.07) is 2.47. The second-order valence-electron chi connectivity index (χ2n) is 10.2. The van der Waals surface area contributed by atoms with E-state index in [4.69, 9.17) is 4.74 Å². The van der Waals surface area contributed by atoms with Gasteiger partial charge in [-0.3, -0.25) is 14.0 Å².